The average Bonchev–Trinajstić information content (AvgIpc) is 3.01. The van der Waals surface area contributed by atoms with Crippen molar-refractivity contribution >= 4 is 0 Å². The second-order valence-electron chi connectivity index (χ2n) is 14.0. The van der Waals surface area contributed by atoms with Gasteiger partial charge in [-0.05, 0) is 62.7 Å². The first-order chi connectivity index (χ1) is 21.2. The van der Waals surface area contributed by atoms with Gasteiger partial charge in [0, 0.05) is 5.41 Å². The molecule has 0 aromatic rings. The minimum absolute atomic E-state index is 0.0462. The lowest BCUT2D eigenvalue weighted by molar-refractivity contribution is -0.313. The van der Waals surface area contributed by atoms with Crippen LogP contribution in [0.1, 0.15) is 59.3 Å². The van der Waals surface area contributed by atoms with Crippen LogP contribution >= 0.6 is 0 Å². The van der Waals surface area contributed by atoms with Crippen molar-refractivity contribution in [3.63, 3.8) is 0 Å². The molecule has 0 radical (unpaired) electrons. The van der Waals surface area contributed by atoms with Crippen LogP contribution in [0.4, 0.5) is 0 Å². The van der Waals surface area contributed by atoms with Crippen molar-refractivity contribution in [1.82, 2.24) is 0 Å². The molecular weight excluding hydrogens is 592 g/mol. The lowest BCUT2D eigenvalue weighted by Gasteiger charge is -2.60. The molecule has 15 atom stereocenters. The zero-order valence-electron chi connectivity index (χ0n) is 26.5. The van der Waals surface area contributed by atoms with Gasteiger partial charge < -0.3 is 64.9 Å². The van der Waals surface area contributed by atoms with Crippen molar-refractivity contribution in [3.05, 3.63) is 23.8 Å². The van der Waals surface area contributed by atoms with E-state index >= 15 is 0 Å². The van der Waals surface area contributed by atoms with Crippen LogP contribution in [-0.2, 0) is 18.9 Å². The smallest absolute Gasteiger partial charge is 0.187 e. The van der Waals surface area contributed by atoms with E-state index < -0.39 is 86.1 Å². The molecule has 2 aliphatic carbocycles. The number of aliphatic hydroxyl groups is 9. The Hall–Kier alpha value is -1.04. The second kappa shape index (κ2) is 15.0. The maximum atomic E-state index is 11.3. The number of rotatable bonds is 11. The molecule has 0 aromatic heterocycles. The molecule has 0 unspecified atom stereocenters. The van der Waals surface area contributed by atoms with Crippen molar-refractivity contribution in [2.45, 2.75) is 127 Å². The highest BCUT2D eigenvalue weighted by atomic mass is 16.7. The molecule has 0 amide bonds. The third-order valence-corrected chi connectivity index (χ3v) is 11.1. The third kappa shape index (κ3) is 7.36. The number of aliphatic hydroxyl groups excluding tert-OH is 9. The molecule has 2 heterocycles. The molecule has 0 bridgehead atoms. The normalized spacial score (nSPS) is 47.9. The molecule has 2 saturated heterocycles. The van der Waals surface area contributed by atoms with Crippen molar-refractivity contribution < 1.29 is 64.9 Å². The molecule has 45 heavy (non-hydrogen) atoms. The van der Waals surface area contributed by atoms with Crippen LogP contribution in [0.5, 0.6) is 0 Å². The minimum Gasteiger partial charge on any atom is -0.394 e. The minimum atomic E-state index is -1.54. The number of hydrogen-bond acceptors (Lipinski definition) is 13. The average molecular weight is 647 g/mol. The summed E-state index contributed by atoms with van der Waals surface area (Å²) in [4.78, 5) is 0. The first-order valence-electron chi connectivity index (χ1n) is 16.0. The Kier molecular flexibility index (Phi) is 12.3. The SMILES string of the molecule is C=C1CC[C@H]2[C@@](C)(CO[C@@H]3O[C@H](CO)[C@@H](O)[C@H](O)[C@H]3O)[C@H](O)CC[C@@]2(C)[C@@H]1CC/C(C)=C/CO[C@@H]1O[C@H](CO)[C@@H](O)[C@H](O)[C@H]1O. The van der Waals surface area contributed by atoms with E-state index in [2.05, 4.69) is 13.5 Å². The fourth-order valence-corrected chi connectivity index (χ4v) is 8.15. The Morgan fingerprint density at radius 1 is 0.844 bits per heavy atom. The van der Waals surface area contributed by atoms with Gasteiger partial charge in [0.1, 0.15) is 48.8 Å². The van der Waals surface area contributed by atoms with Gasteiger partial charge in [-0.1, -0.05) is 37.6 Å². The monoisotopic (exact) mass is 646 g/mol. The van der Waals surface area contributed by atoms with Crippen molar-refractivity contribution in [1.29, 1.82) is 0 Å². The van der Waals surface area contributed by atoms with Gasteiger partial charge in [-0.3, -0.25) is 0 Å². The Balaban J connectivity index is 1.39. The Labute approximate surface area is 264 Å². The lowest BCUT2D eigenvalue weighted by Crippen LogP contribution is -2.61. The maximum absolute atomic E-state index is 11.3. The van der Waals surface area contributed by atoms with Gasteiger partial charge >= 0.3 is 0 Å². The summed E-state index contributed by atoms with van der Waals surface area (Å²) in [5.74, 6) is 0.206. The van der Waals surface area contributed by atoms with Crippen LogP contribution in [0.3, 0.4) is 0 Å². The summed E-state index contributed by atoms with van der Waals surface area (Å²) in [5.41, 5.74) is 1.31. The first-order valence-corrected chi connectivity index (χ1v) is 16.0. The molecule has 4 rings (SSSR count). The van der Waals surface area contributed by atoms with Gasteiger partial charge in [0.05, 0.1) is 32.5 Å². The quantitative estimate of drug-likeness (QED) is 0.124. The summed E-state index contributed by atoms with van der Waals surface area (Å²) < 4.78 is 22.6. The van der Waals surface area contributed by atoms with Crippen LogP contribution < -0.4 is 0 Å². The van der Waals surface area contributed by atoms with E-state index in [0.29, 0.717) is 6.42 Å². The number of ether oxygens (including phenoxy) is 4. The summed E-state index contributed by atoms with van der Waals surface area (Å²) in [6, 6.07) is 0. The Morgan fingerprint density at radius 3 is 1.96 bits per heavy atom. The maximum Gasteiger partial charge on any atom is 0.187 e. The van der Waals surface area contributed by atoms with Gasteiger partial charge in [-0.25, -0.2) is 0 Å². The van der Waals surface area contributed by atoms with E-state index in [9.17, 15) is 46.0 Å². The third-order valence-electron chi connectivity index (χ3n) is 11.1. The summed E-state index contributed by atoms with van der Waals surface area (Å²) in [6.45, 7) is 9.69. The van der Waals surface area contributed by atoms with Crippen molar-refractivity contribution in [3.8, 4) is 0 Å². The first kappa shape index (κ1) is 36.8. The van der Waals surface area contributed by atoms with Crippen LogP contribution in [0, 0.1) is 22.7 Å². The summed E-state index contributed by atoms with van der Waals surface area (Å²) in [5, 5.41) is 91.2. The van der Waals surface area contributed by atoms with E-state index in [4.69, 9.17) is 18.9 Å². The molecule has 0 spiro atoms. The molecular formula is C32H54O13. The number of hydrogen-bond donors (Lipinski definition) is 9. The van der Waals surface area contributed by atoms with Gasteiger partial charge in [0.15, 0.2) is 12.6 Å². The zero-order valence-corrected chi connectivity index (χ0v) is 26.5. The fourth-order valence-electron chi connectivity index (χ4n) is 8.15. The highest BCUT2D eigenvalue weighted by Gasteiger charge is 2.58. The molecule has 2 saturated carbocycles. The molecule has 4 fully saturated rings. The Morgan fingerprint density at radius 2 is 1.40 bits per heavy atom. The van der Waals surface area contributed by atoms with E-state index in [1.165, 1.54) is 0 Å². The predicted octanol–water partition coefficient (Wildman–Crippen LogP) is -0.904. The number of allylic oxidation sites excluding steroid dienone is 2. The van der Waals surface area contributed by atoms with E-state index in [1.54, 1.807) is 0 Å². The van der Waals surface area contributed by atoms with Crippen LogP contribution in [0.15, 0.2) is 23.8 Å². The largest absolute Gasteiger partial charge is 0.394 e. The van der Waals surface area contributed by atoms with Crippen LogP contribution in [0.25, 0.3) is 0 Å². The lowest BCUT2D eigenvalue weighted by atomic mass is 9.46. The van der Waals surface area contributed by atoms with Crippen molar-refractivity contribution in [2.75, 3.05) is 26.4 Å². The molecule has 260 valence electrons. The Bertz CT molecular complexity index is 1020. The van der Waals surface area contributed by atoms with Gasteiger partial charge in [-0.15, -0.1) is 0 Å². The fraction of sp³-hybridized carbons (Fsp3) is 0.875. The molecule has 13 heteroatoms. The zero-order chi connectivity index (χ0) is 33.3. The summed E-state index contributed by atoms with van der Waals surface area (Å²) >= 11 is 0. The van der Waals surface area contributed by atoms with Crippen LogP contribution in [0.2, 0.25) is 0 Å². The second-order valence-corrected chi connectivity index (χ2v) is 14.0. The highest BCUT2D eigenvalue weighted by Crippen LogP contribution is 2.62. The van der Waals surface area contributed by atoms with Crippen molar-refractivity contribution in [2.24, 2.45) is 22.7 Å². The van der Waals surface area contributed by atoms with Gasteiger partial charge in [0.2, 0.25) is 0 Å². The topological polar surface area (TPSA) is 219 Å². The predicted molar refractivity (Wildman–Crippen MR) is 159 cm³/mol. The van der Waals surface area contributed by atoms with E-state index in [0.717, 1.165) is 43.3 Å². The standard InChI is InChI=1S/C32H54O13/c1-16(10-12-42-29-27(40)25(38)23(36)19(13-33)44-29)5-7-18-17(2)6-8-21-31(18,3)11-9-22(35)32(21,4)15-43-30-28(41)26(39)24(37)20(14-34)45-30/h10,18-30,33-41H,2,5-9,11-15H2,1,3-4H3/b16-10+/t18-,19-,20-,21-,22-,23-,24-,25+,26+,27-,28-,29-,30-,31+,32-/m1/s1. The van der Waals surface area contributed by atoms with E-state index in [-0.39, 0.29) is 30.5 Å². The van der Waals surface area contributed by atoms with Gasteiger partial charge in [-0.2, -0.15) is 0 Å². The van der Waals surface area contributed by atoms with Gasteiger partial charge in [0.25, 0.3) is 0 Å². The summed E-state index contributed by atoms with van der Waals surface area (Å²) in [6.07, 6.45) is -7.84. The summed E-state index contributed by atoms with van der Waals surface area (Å²) in [7, 11) is 0. The molecule has 9 N–H and O–H groups in total. The molecule has 0 aromatic carbocycles. The number of fused-ring (bicyclic) bond motifs is 1. The van der Waals surface area contributed by atoms with E-state index in [1.807, 2.05) is 19.9 Å². The molecule has 13 nitrogen and oxygen atoms in total. The highest BCUT2D eigenvalue weighted by molar-refractivity contribution is 5.18. The molecule has 4 aliphatic rings. The van der Waals surface area contributed by atoms with Crippen LogP contribution in [-0.4, -0.2) is 140 Å². The molecule has 2 aliphatic heterocycles.